The molecular formula is C64H41NO. The number of nitrogens with zero attached hydrogens (tertiary/aromatic N) is 1. The highest BCUT2D eigenvalue weighted by atomic mass is 16.3. The highest BCUT2D eigenvalue weighted by Crippen LogP contribution is 2.52. The van der Waals surface area contributed by atoms with Crippen molar-refractivity contribution in [3.8, 4) is 44.5 Å². The quantitative estimate of drug-likeness (QED) is 0.149. The van der Waals surface area contributed by atoms with Gasteiger partial charge in [-0.3, -0.25) is 0 Å². The van der Waals surface area contributed by atoms with Crippen molar-refractivity contribution in [2.75, 3.05) is 4.90 Å². The first-order valence-electron chi connectivity index (χ1n) is 22.7. The molecule has 0 N–H and O–H groups in total. The highest BCUT2D eigenvalue weighted by Gasteiger charge is 2.27. The van der Waals surface area contributed by atoms with Crippen LogP contribution in [0.4, 0.5) is 17.1 Å². The van der Waals surface area contributed by atoms with Gasteiger partial charge in [0.1, 0.15) is 11.2 Å². The summed E-state index contributed by atoms with van der Waals surface area (Å²) in [6.45, 7) is 0. The fourth-order valence-electron chi connectivity index (χ4n) is 10.5. The van der Waals surface area contributed by atoms with Gasteiger partial charge >= 0.3 is 0 Å². The van der Waals surface area contributed by atoms with E-state index in [4.69, 9.17) is 4.42 Å². The molecule has 0 fully saturated rings. The molecule has 1 heterocycles. The Kier molecular flexibility index (Phi) is 8.89. The van der Waals surface area contributed by atoms with Crippen LogP contribution < -0.4 is 4.90 Å². The number of anilines is 3. The third kappa shape index (κ3) is 6.04. The fourth-order valence-corrected chi connectivity index (χ4v) is 10.5. The minimum atomic E-state index is 0.853. The van der Waals surface area contributed by atoms with Gasteiger partial charge in [-0.2, -0.15) is 0 Å². The number of hydrogen-bond donors (Lipinski definition) is 0. The molecule has 0 unspecified atom stereocenters. The molecule has 0 aliphatic rings. The molecule has 308 valence electrons. The molecule has 0 saturated heterocycles. The van der Waals surface area contributed by atoms with Gasteiger partial charge in [0.05, 0.1) is 22.4 Å². The molecule has 2 heteroatoms. The van der Waals surface area contributed by atoms with Crippen LogP contribution in [0.2, 0.25) is 0 Å². The van der Waals surface area contributed by atoms with Crippen molar-refractivity contribution in [3.05, 3.63) is 249 Å². The molecule has 2 nitrogen and oxygen atoms in total. The molecule has 13 aromatic rings. The minimum absolute atomic E-state index is 0.853. The van der Waals surface area contributed by atoms with Gasteiger partial charge in [-0.1, -0.05) is 212 Å². The van der Waals surface area contributed by atoms with E-state index < -0.39 is 0 Å². The van der Waals surface area contributed by atoms with Crippen LogP contribution in [-0.4, -0.2) is 0 Å². The van der Waals surface area contributed by atoms with Crippen LogP contribution in [-0.2, 0) is 0 Å². The highest BCUT2D eigenvalue weighted by molar-refractivity contribution is 6.26. The molecule has 0 aliphatic heterocycles. The maximum Gasteiger partial charge on any atom is 0.145 e. The Balaban J connectivity index is 1.12. The van der Waals surface area contributed by atoms with Crippen LogP contribution in [0.5, 0.6) is 0 Å². The average Bonchev–Trinajstić information content (AvgIpc) is 3.79. The monoisotopic (exact) mass is 839 g/mol. The lowest BCUT2D eigenvalue weighted by Crippen LogP contribution is -2.13. The molecule has 0 amide bonds. The van der Waals surface area contributed by atoms with Crippen LogP contribution in [0.3, 0.4) is 0 Å². The van der Waals surface area contributed by atoms with E-state index in [-0.39, 0.29) is 0 Å². The Morgan fingerprint density at radius 1 is 0.258 bits per heavy atom. The molecule has 0 saturated carbocycles. The zero-order valence-electron chi connectivity index (χ0n) is 36.0. The number of fused-ring (bicyclic) bond motifs is 10. The lowest BCUT2D eigenvalue weighted by Gasteiger charge is -2.31. The smallest absolute Gasteiger partial charge is 0.145 e. The number of rotatable bonds is 7. The molecule has 1 aromatic heterocycles. The lowest BCUT2D eigenvalue weighted by molar-refractivity contribution is 0.670. The lowest BCUT2D eigenvalue weighted by atomic mass is 9.90. The Morgan fingerprint density at radius 3 is 1.52 bits per heavy atom. The Hall–Kier alpha value is -8.72. The van der Waals surface area contributed by atoms with Crippen molar-refractivity contribution < 1.29 is 4.42 Å². The Bertz CT molecular complexity index is 3970. The van der Waals surface area contributed by atoms with Gasteiger partial charge in [-0.25, -0.2) is 0 Å². The van der Waals surface area contributed by atoms with E-state index in [1.165, 1.54) is 54.2 Å². The van der Waals surface area contributed by atoms with Crippen molar-refractivity contribution >= 4 is 82.1 Å². The summed E-state index contributed by atoms with van der Waals surface area (Å²) in [6, 6.07) is 90.2. The second-order valence-electron chi connectivity index (χ2n) is 17.1. The maximum absolute atomic E-state index is 7.05. The summed E-state index contributed by atoms with van der Waals surface area (Å²) >= 11 is 0. The first-order chi connectivity index (χ1) is 32.8. The van der Waals surface area contributed by atoms with Crippen LogP contribution in [0.25, 0.3) is 110 Å². The number of hydrogen-bond acceptors (Lipinski definition) is 2. The summed E-state index contributed by atoms with van der Waals surface area (Å²) in [5.41, 5.74) is 14.0. The number of furan rings is 1. The van der Waals surface area contributed by atoms with E-state index in [1.54, 1.807) is 0 Å². The van der Waals surface area contributed by atoms with Crippen molar-refractivity contribution in [3.63, 3.8) is 0 Å². The Labute approximate surface area is 382 Å². The third-order valence-corrected chi connectivity index (χ3v) is 13.5. The van der Waals surface area contributed by atoms with E-state index in [0.717, 1.165) is 72.4 Å². The summed E-state index contributed by atoms with van der Waals surface area (Å²) in [5, 5.41) is 12.1. The summed E-state index contributed by atoms with van der Waals surface area (Å²) in [4.78, 5) is 2.49. The normalized spacial score (nSPS) is 11.6. The zero-order chi connectivity index (χ0) is 43.6. The predicted molar refractivity (Wildman–Crippen MR) is 280 cm³/mol. The van der Waals surface area contributed by atoms with Gasteiger partial charge in [0.25, 0.3) is 0 Å². The van der Waals surface area contributed by atoms with E-state index in [0.29, 0.717) is 0 Å². The SMILES string of the molecule is c1ccc(-c2ccccc2-c2ccccc2N(c2ccccc2-c2ccc3c4ccccc4c4ccccc4c3c2)c2ccc(-c3cccc4ccccc34)c3oc4ccccc4c23)cc1. The van der Waals surface area contributed by atoms with E-state index in [9.17, 15) is 0 Å². The van der Waals surface area contributed by atoms with Crippen molar-refractivity contribution in [1.82, 2.24) is 0 Å². The standard InChI is InChI=1S/C64H41NO/c1-2-19-42(20-3-1)45-24-6-7-26-48(45)55-31-13-16-35-60(55)65(61-40-39-56(49-33-18-22-43-21-4-5-23-46(43)49)64-63(61)57-32-14-17-36-62(57)66-64)59-34-15-12-25-47(59)44-37-38-54-52-29-9-8-27-50(52)51-28-10-11-30-53(51)58(54)41-44/h1-41H. The molecule has 13 rings (SSSR count). The van der Waals surface area contributed by atoms with E-state index >= 15 is 0 Å². The molecule has 0 atom stereocenters. The van der Waals surface area contributed by atoms with Crippen LogP contribution in [0.15, 0.2) is 253 Å². The molecule has 0 aliphatic carbocycles. The first-order valence-corrected chi connectivity index (χ1v) is 22.7. The second-order valence-corrected chi connectivity index (χ2v) is 17.1. The van der Waals surface area contributed by atoms with Gasteiger partial charge in [0.15, 0.2) is 0 Å². The summed E-state index contributed by atoms with van der Waals surface area (Å²) < 4.78 is 7.05. The number of benzene rings is 12. The van der Waals surface area contributed by atoms with Crippen LogP contribution in [0, 0.1) is 0 Å². The molecular weight excluding hydrogens is 799 g/mol. The molecule has 0 bridgehead atoms. The Morgan fingerprint density at radius 2 is 0.773 bits per heavy atom. The fraction of sp³-hybridized carbons (Fsp3) is 0. The van der Waals surface area contributed by atoms with Gasteiger partial charge in [0, 0.05) is 22.1 Å². The van der Waals surface area contributed by atoms with Gasteiger partial charge in [-0.05, 0) is 107 Å². The van der Waals surface area contributed by atoms with Crippen molar-refractivity contribution in [2.24, 2.45) is 0 Å². The van der Waals surface area contributed by atoms with Crippen molar-refractivity contribution in [1.29, 1.82) is 0 Å². The van der Waals surface area contributed by atoms with E-state index in [2.05, 4.69) is 254 Å². The van der Waals surface area contributed by atoms with Crippen LogP contribution >= 0.6 is 0 Å². The number of para-hydroxylation sites is 3. The largest absolute Gasteiger partial charge is 0.455 e. The van der Waals surface area contributed by atoms with Gasteiger partial charge in [0.2, 0.25) is 0 Å². The molecule has 66 heavy (non-hydrogen) atoms. The molecule has 0 spiro atoms. The summed E-state index contributed by atoms with van der Waals surface area (Å²) in [6.07, 6.45) is 0. The molecule has 12 aromatic carbocycles. The zero-order valence-corrected chi connectivity index (χ0v) is 36.0. The first kappa shape index (κ1) is 37.8. The van der Waals surface area contributed by atoms with Crippen LogP contribution in [0.1, 0.15) is 0 Å². The molecule has 0 radical (unpaired) electrons. The van der Waals surface area contributed by atoms with Gasteiger partial charge < -0.3 is 9.32 Å². The third-order valence-electron chi connectivity index (χ3n) is 13.5. The summed E-state index contributed by atoms with van der Waals surface area (Å²) in [7, 11) is 0. The second kappa shape index (κ2) is 15.5. The topological polar surface area (TPSA) is 16.4 Å². The predicted octanol–water partition coefficient (Wildman–Crippen LogP) is 18.3. The van der Waals surface area contributed by atoms with E-state index in [1.807, 2.05) is 0 Å². The average molecular weight is 840 g/mol. The maximum atomic E-state index is 7.05. The van der Waals surface area contributed by atoms with Gasteiger partial charge in [-0.15, -0.1) is 0 Å². The van der Waals surface area contributed by atoms with Crippen molar-refractivity contribution in [2.45, 2.75) is 0 Å². The summed E-state index contributed by atoms with van der Waals surface area (Å²) in [5.74, 6) is 0. The minimum Gasteiger partial charge on any atom is -0.455 e.